The van der Waals surface area contributed by atoms with Crippen LogP contribution < -0.4 is 33.5 Å². The summed E-state index contributed by atoms with van der Waals surface area (Å²) in [5.74, 6) is 0. The molecule has 0 saturated heterocycles. The van der Waals surface area contributed by atoms with Gasteiger partial charge in [-0.05, 0) is 0 Å². The van der Waals surface area contributed by atoms with Crippen molar-refractivity contribution in [2.24, 2.45) is 0 Å². The van der Waals surface area contributed by atoms with E-state index in [0.717, 1.165) is 0 Å². The molecule has 0 unspecified atom stereocenters. The van der Waals surface area contributed by atoms with Crippen LogP contribution >= 0.6 is 0 Å². The van der Waals surface area contributed by atoms with Crippen LogP contribution in [0, 0.1) is 0 Å². The fourth-order valence-electron chi connectivity index (χ4n) is 0.181. The molecule has 0 saturated carbocycles. The fraction of sp³-hybridized carbons (Fsp3) is 0. The van der Waals surface area contributed by atoms with E-state index in [1.54, 1.807) is 0 Å². The number of rotatable bonds is 8. The molecule has 0 spiro atoms. The Morgan fingerprint density at radius 3 is 0.419 bits per heavy atom. The van der Waals surface area contributed by atoms with E-state index in [4.69, 9.17) is 0 Å². The molecule has 0 aromatic rings. The van der Waals surface area contributed by atoms with E-state index in [-0.39, 0.29) is 60.3 Å². The van der Waals surface area contributed by atoms with Crippen molar-refractivity contribution < 1.29 is 92.9 Å². The monoisotopic (exact) mass is 1160 g/mol. The van der Waals surface area contributed by atoms with Crippen molar-refractivity contribution in [1.82, 2.24) is 0 Å². The first kappa shape index (κ1) is 51.6. The second kappa shape index (κ2) is 36.2. The van der Waals surface area contributed by atoms with E-state index in [1.807, 2.05) is 0 Å². The van der Waals surface area contributed by atoms with Crippen LogP contribution in [0.2, 0.25) is 0 Å². The Labute approximate surface area is 248 Å². The molecule has 31 heavy (non-hydrogen) atoms. The molecule has 0 bridgehead atoms. The van der Waals surface area contributed by atoms with Crippen molar-refractivity contribution in [2.45, 2.75) is 0 Å². The molecule has 0 N–H and O–H groups in total. The topological polar surface area (TPSA) is 358 Å². The Kier molecular flexibility index (Phi) is 60.2. The summed E-state index contributed by atoms with van der Waals surface area (Å²) >= 11 is -29.5. The molecule has 0 fully saturated rings. The van der Waals surface area contributed by atoms with Gasteiger partial charge in [0.25, 0.3) is 0 Å². The minimum absolute atomic E-state index is 0. The van der Waals surface area contributed by atoms with E-state index >= 15 is 0 Å². The second-order valence-corrected chi connectivity index (χ2v) is 15.8. The molecule has 20 nitrogen and oxygen atoms in total. The van der Waals surface area contributed by atoms with E-state index in [1.165, 1.54) is 0 Å². The Morgan fingerprint density at radius 2 is 0.419 bits per heavy atom. The van der Waals surface area contributed by atoms with E-state index in [9.17, 15) is 64.2 Å². The largest absolute Gasteiger partial charge is 3.00 e. The maximum Gasteiger partial charge on any atom is 3.00 e. The van der Waals surface area contributed by atoms with Crippen molar-refractivity contribution in [3.63, 3.8) is 0 Å². The Hall–Kier alpha value is 4.00. The minimum atomic E-state index is -3.69. The molecule has 0 rings (SSSR count). The van der Waals surface area contributed by atoms with Crippen LogP contribution in [0.1, 0.15) is 0 Å². The van der Waals surface area contributed by atoms with Crippen LogP contribution in [0.25, 0.3) is 0 Å². The maximum absolute atomic E-state index is 9.32. The predicted molar refractivity (Wildman–Crippen MR) is 67.4 cm³/mol. The quantitative estimate of drug-likeness (QED) is 0.204. The van der Waals surface area contributed by atoms with Crippen molar-refractivity contribution >= 4 is 159 Å². The van der Waals surface area contributed by atoms with Crippen LogP contribution in [-0.2, 0) is 59.4 Å². The summed E-state index contributed by atoms with van der Waals surface area (Å²) in [4.78, 5) is 0. The molecule has 0 aliphatic rings. The van der Waals surface area contributed by atoms with Crippen molar-refractivity contribution in [1.29, 1.82) is 0 Å². The zero-order valence-electron chi connectivity index (χ0n) is 12.9. The molecular formula is AlCuInO20Se8. The minimum Gasteiger partial charge on any atom is 2.00 e. The third-order valence-corrected chi connectivity index (χ3v) is 12.0. The van der Waals surface area contributed by atoms with Gasteiger partial charge in [-0.3, -0.25) is 0 Å². The summed E-state index contributed by atoms with van der Waals surface area (Å²) in [6, 6.07) is 0. The van der Waals surface area contributed by atoms with Crippen LogP contribution in [-0.4, -0.2) is 159 Å². The average Bonchev–Trinajstić information content (AvgIpc) is 2.32. The van der Waals surface area contributed by atoms with Gasteiger partial charge in [0.05, 0.1) is 0 Å². The first-order chi connectivity index (χ1) is 12.5. The summed E-state index contributed by atoms with van der Waals surface area (Å²) < 4.78 is 162. The van der Waals surface area contributed by atoms with Gasteiger partial charge in [-0.1, -0.05) is 0 Å². The maximum atomic E-state index is 9.32. The van der Waals surface area contributed by atoms with Gasteiger partial charge >= 0.3 is 252 Å². The van der Waals surface area contributed by atoms with Crippen LogP contribution in [0.4, 0.5) is 0 Å². The second-order valence-electron chi connectivity index (χ2n) is 1.91. The van der Waals surface area contributed by atoms with Crippen LogP contribution in [0.5, 0.6) is 0 Å². The first-order valence-corrected chi connectivity index (χ1v) is 20.8. The van der Waals surface area contributed by atoms with Crippen molar-refractivity contribution in [2.75, 3.05) is 0 Å². The molecule has 0 heterocycles. The van der Waals surface area contributed by atoms with Crippen molar-refractivity contribution in [3.8, 4) is 0 Å². The molecule has 1 radical (unpaired) electrons. The van der Waals surface area contributed by atoms with Crippen LogP contribution in [0.15, 0.2) is 0 Å². The third kappa shape index (κ3) is 87.0. The van der Waals surface area contributed by atoms with Gasteiger partial charge in [0.1, 0.15) is 0 Å². The first-order valence-electron chi connectivity index (χ1n) is 4.00. The summed E-state index contributed by atoms with van der Waals surface area (Å²) in [6.45, 7) is 0. The fourth-order valence-corrected chi connectivity index (χ4v) is 4.90. The van der Waals surface area contributed by atoms with Gasteiger partial charge in [0, 0.05) is 0 Å². The van der Waals surface area contributed by atoms with E-state index in [0.29, 0.717) is 0 Å². The normalized spacial score (nSPS) is 16.8. The molecular weight excluding hydrogens is 1160 g/mol. The van der Waals surface area contributed by atoms with Gasteiger partial charge in [0.15, 0.2) is 0 Å². The molecule has 0 aromatic heterocycles. The van der Waals surface area contributed by atoms with Crippen molar-refractivity contribution in [3.05, 3.63) is 0 Å². The number of hydrogen-bond donors (Lipinski definition) is 0. The zero-order chi connectivity index (χ0) is 23.4. The SMILES string of the molecule is O=[Se]([O-])O[Se](=O)[O-].O=[Se]([O-])O[Se](=O)[O-].O=[Se]([O-])O[Se](=O)[O-].O=[Se]([O-])O[Se](=O)[O-].[Al+3].[Cu+2].[In+3]. The molecule has 0 aromatic carbocycles. The third-order valence-electron chi connectivity index (χ3n) is 0.444. The van der Waals surface area contributed by atoms with Gasteiger partial charge in [-0.15, -0.1) is 0 Å². The molecule has 185 valence electrons. The Balaban J connectivity index is -0.0000000480. The van der Waals surface area contributed by atoms with Gasteiger partial charge in [-0.25, -0.2) is 0 Å². The molecule has 0 aliphatic heterocycles. The smallest absolute Gasteiger partial charge is 2.00 e. The van der Waals surface area contributed by atoms with Gasteiger partial charge < -0.3 is 0 Å². The Morgan fingerprint density at radius 1 is 0.355 bits per heavy atom. The van der Waals surface area contributed by atoms with Gasteiger partial charge in [-0.2, -0.15) is 0 Å². The molecule has 0 aliphatic carbocycles. The zero-order valence-corrected chi connectivity index (χ0v) is 32.0. The van der Waals surface area contributed by atoms with Crippen LogP contribution in [0.3, 0.4) is 0 Å². The molecule has 31 heteroatoms. The number of hydrogen-bond acceptors (Lipinski definition) is 20. The van der Waals surface area contributed by atoms with E-state index in [2.05, 4.69) is 11.6 Å². The summed E-state index contributed by atoms with van der Waals surface area (Å²) in [7, 11) is 0. The molecule has 0 atom stereocenters. The summed E-state index contributed by atoms with van der Waals surface area (Å²) in [6.07, 6.45) is 0. The Bertz CT molecular complexity index is 452. The standard InChI is InChI=1S/Al.Cu.In.4H2O5Se2/c;;;4*1-6(2)5-7(3)4/h;;;4*(H,1,2)(H,3,4)/q+3;+2;+3;;;;/p-8. The average molecular weight is 1160 g/mol. The molecule has 0 amide bonds. The summed E-state index contributed by atoms with van der Waals surface area (Å²) in [5.41, 5.74) is 0. The van der Waals surface area contributed by atoms with Gasteiger partial charge in [0.2, 0.25) is 0 Å². The summed E-state index contributed by atoms with van der Waals surface area (Å²) in [5, 5.41) is 0. The van der Waals surface area contributed by atoms with E-state index < -0.39 is 116 Å². The predicted octanol–water partition coefficient (Wildman–Crippen LogP) is -14.5.